The van der Waals surface area contributed by atoms with Gasteiger partial charge in [0.25, 0.3) is 5.91 Å². The number of carboxylic acid groups (broad SMARTS) is 1. The summed E-state index contributed by atoms with van der Waals surface area (Å²) in [7, 11) is 0. The third kappa shape index (κ3) is 6.47. The highest BCUT2D eigenvalue weighted by Gasteiger charge is 2.18. The zero-order valence-corrected chi connectivity index (χ0v) is 19.2. The first kappa shape index (κ1) is 25.9. The van der Waals surface area contributed by atoms with Crippen molar-refractivity contribution in [2.24, 2.45) is 5.73 Å². The summed E-state index contributed by atoms with van der Waals surface area (Å²) in [4.78, 5) is 23.9. The van der Waals surface area contributed by atoms with Crippen LogP contribution in [0.5, 0.6) is 11.5 Å². The van der Waals surface area contributed by atoms with Crippen LogP contribution in [0.3, 0.4) is 0 Å². The first-order valence-electron chi connectivity index (χ1n) is 10.8. The molecule has 0 unspecified atom stereocenters. The molecule has 0 fully saturated rings. The lowest BCUT2D eigenvalue weighted by atomic mass is 10.1. The van der Waals surface area contributed by atoms with Crippen LogP contribution >= 0.6 is 0 Å². The van der Waals surface area contributed by atoms with Gasteiger partial charge in [0, 0.05) is 29.4 Å². The fourth-order valence-corrected chi connectivity index (χ4v) is 3.27. The molecule has 0 spiro atoms. The van der Waals surface area contributed by atoms with Crippen molar-refractivity contribution in [1.29, 1.82) is 5.41 Å². The number of rotatable bonds is 11. The van der Waals surface area contributed by atoms with Crippen LogP contribution in [0, 0.1) is 17.0 Å². The number of nitrogens with one attached hydrogen (secondary N) is 3. The van der Waals surface area contributed by atoms with Crippen molar-refractivity contribution >= 4 is 29.1 Å². The van der Waals surface area contributed by atoms with Gasteiger partial charge in [0.15, 0.2) is 29.7 Å². The largest absolute Gasteiger partial charge is 0.490 e. The van der Waals surface area contributed by atoms with E-state index in [4.69, 9.17) is 25.7 Å². The lowest BCUT2D eigenvalue weighted by molar-refractivity contribution is -0.139. The van der Waals surface area contributed by atoms with E-state index < -0.39 is 30.1 Å². The predicted octanol–water partition coefficient (Wildman–Crippen LogP) is 3.98. The molecule has 0 saturated heterocycles. The fourth-order valence-electron chi connectivity index (χ4n) is 3.27. The van der Waals surface area contributed by atoms with Crippen LogP contribution < -0.4 is 25.8 Å². The fraction of sp³-hybridized carbons (Fsp3) is 0.160. The minimum absolute atomic E-state index is 0.00208. The normalized spacial score (nSPS) is 10.4. The van der Waals surface area contributed by atoms with Crippen molar-refractivity contribution in [3.63, 3.8) is 0 Å². The van der Waals surface area contributed by atoms with Crippen LogP contribution in [0.4, 0.5) is 20.2 Å². The van der Waals surface area contributed by atoms with Crippen LogP contribution in [0.25, 0.3) is 0 Å². The van der Waals surface area contributed by atoms with E-state index in [0.717, 1.165) is 12.1 Å². The van der Waals surface area contributed by atoms with Crippen molar-refractivity contribution in [2.45, 2.75) is 13.5 Å². The standard InChI is InChI=1S/C25H24F2N4O5/c1-2-35-21-5-3-4-15(23(21)36-13-22(32)33)12-30-20-11-19(27)18(26)10-17(20)25(34)31-16-8-6-14(7-9-16)24(28)29/h3-11,30H,2,12-13H2,1H3,(H3,28,29)(H,31,34)(H,32,33). The molecular weight excluding hydrogens is 474 g/mol. The SMILES string of the molecule is CCOc1cccc(CNc2cc(F)c(F)cc2C(=O)Nc2ccc(C(=N)N)cc2)c1OCC(=O)O. The van der Waals surface area contributed by atoms with Crippen LogP contribution in [-0.4, -0.2) is 36.0 Å². The molecule has 0 aliphatic rings. The highest BCUT2D eigenvalue weighted by atomic mass is 19.2. The van der Waals surface area contributed by atoms with Crippen molar-refractivity contribution in [2.75, 3.05) is 23.8 Å². The Hall–Kier alpha value is -4.67. The summed E-state index contributed by atoms with van der Waals surface area (Å²) in [5.41, 5.74) is 6.54. The molecule has 0 atom stereocenters. The topological polar surface area (TPSA) is 147 Å². The van der Waals surface area contributed by atoms with Crippen LogP contribution in [-0.2, 0) is 11.3 Å². The van der Waals surface area contributed by atoms with Crippen LogP contribution in [0.15, 0.2) is 54.6 Å². The van der Waals surface area contributed by atoms with Gasteiger partial charge in [-0.3, -0.25) is 10.2 Å². The number of carbonyl (C=O) groups excluding carboxylic acids is 1. The molecule has 0 aromatic heterocycles. The lowest BCUT2D eigenvalue weighted by Crippen LogP contribution is -2.17. The van der Waals surface area contributed by atoms with Gasteiger partial charge >= 0.3 is 5.97 Å². The van der Waals surface area contributed by atoms with E-state index in [0.29, 0.717) is 29.2 Å². The number of para-hydroxylation sites is 1. The van der Waals surface area contributed by atoms with Gasteiger partial charge in [0.05, 0.1) is 17.9 Å². The molecule has 0 saturated carbocycles. The average Bonchev–Trinajstić information content (AvgIpc) is 2.84. The zero-order valence-electron chi connectivity index (χ0n) is 19.2. The second-order valence-electron chi connectivity index (χ2n) is 7.47. The Morgan fingerprint density at radius 3 is 2.39 bits per heavy atom. The van der Waals surface area contributed by atoms with E-state index in [2.05, 4.69) is 10.6 Å². The summed E-state index contributed by atoms with van der Waals surface area (Å²) in [5.74, 6) is -3.91. The number of hydrogen-bond donors (Lipinski definition) is 5. The quantitative estimate of drug-likeness (QED) is 0.198. The Morgan fingerprint density at radius 1 is 1.06 bits per heavy atom. The van der Waals surface area contributed by atoms with E-state index >= 15 is 0 Å². The van der Waals surface area contributed by atoms with Crippen molar-refractivity contribution < 1.29 is 33.0 Å². The van der Waals surface area contributed by atoms with Gasteiger partial charge in [-0.25, -0.2) is 13.6 Å². The van der Waals surface area contributed by atoms with Crippen molar-refractivity contribution in [3.8, 4) is 11.5 Å². The highest BCUT2D eigenvalue weighted by molar-refractivity contribution is 6.08. The van der Waals surface area contributed by atoms with Gasteiger partial charge in [-0.05, 0) is 43.3 Å². The monoisotopic (exact) mass is 498 g/mol. The van der Waals surface area contributed by atoms with Crippen LogP contribution in [0.2, 0.25) is 0 Å². The van der Waals surface area contributed by atoms with E-state index in [1.54, 1.807) is 25.1 Å². The van der Waals surface area contributed by atoms with Gasteiger partial charge in [-0.15, -0.1) is 0 Å². The van der Waals surface area contributed by atoms with Gasteiger partial charge < -0.3 is 30.9 Å². The molecule has 11 heteroatoms. The summed E-state index contributed by atoms with van der Waals surface area (Å²) >= 11 is 0. The summed E-state index contributed by atoms with van der Waals surface area (Å²) in [6.45, 7) is 1.43. The molecule has 0 radical (unpaired) electrons. The molecule has 0 heterocycles. The molecule has 6 N–H and O–H groups in total. The third-order valence-electron chi connectivity index (χ3n) is 4.93. The molecule has 3 aromatic rings. The number of nitrogens with two attached hydrogens (primary N) is 1. The van der Waals surface area contributed by atoms with Gasteiger partial charge in [-0.1, -0.05) is 12.1 Å². The molecule has 0 aliphatic heterocycles. The first-order chi connectivity index (χ1) is 17.2. The van der Waals surface area contributed by atoms with Gasteiger partial charge in [-0.2, -0.15) is 0 Å². The zero-order chi connectivity index (χ0) is 26.2. The number of anilines is 2. The van der Waals surface area contributed by atoms with Crippen LogP contribution in [0.1, 0.15) is 28.4 Å². The molecular formula is C25H24F2N4O5. The Morgan fingerprint density at radius 2 is 1.75 bits per heavy atom. The van der Waals surface area contributed by atoms with E-state index in [1.807, 2.05) is 0 Å². The lowest BCUT2D eigenvalue weighted by Gasteiger charge is -2.17. The molecule has 36 heavy (non-hydrogen) atoms. The average molecular weight is 498 g/mol. The first-order valence-corrected chi connectivity index (χ1v) is 10.8. The van der Waals surface area contributed by atoms with Crippen molar-refractivity contribution in [1.82, 2.24) is 0 Å². The number of hydrogen-bond acceptors (Lipinski definition) is 6. The van der Waals surface area contributed by atoms with E-state index in [-0.39, 0.29) is 29.4 Å². The third-order valence-corrected chi connectivity index (χ3v) is 4.93. The molecule has 3 aromatic carbocycles. The summed E-state index contributed by atoms with van der Waals surface area (Å²) in [6.07, 6.45) is 0. The Kier molecular flexibility index (Phi) is 8.39. The number of carboxylic acids is 1. The maximum atomic E-state index is 14.1. The number of benzene rings is 3. The molecule has 188 valence electrons. The van der Waals surface area contributed by atoms with Gasteiger partial charge in [0.2, 0.25) is 0 Å². The summed E-state index contributed by atoms with van der Waals surface area (Å²) in [5, 5.41) is 21.9. The molecule has 3 rings (SSSR count). The van der Waals surface area contributed by atoms with E-state index in [1.165, 1.54) is 24.3 Å². The number of aliphatic carboxylic acids is 1. The number of halogens is 2. The Balaban J connectivity index is 1.86. The number of nitrogen functional groups attached to an aromatic ring is 1. The second-order valence-corrected chi connectivity index (χ2v) is 7.47. The Labute approximate surface area is 205 Å². The smallest absolute Gasteiger partial charge is 0.341 e. The number of carbonyl (C=O) groups is 2. The Bertz CT molecular complexity index is 1280. The molecule has 9 nitrogen and oxygen atoms in total. The molecule has 0 bridgehead atoms. The number of ether oxygens (including phenoxy) is 2. The minimum Gasteiger partial charge on any atom is -0.490 e. The maximum Gasteiger partial charge on any atom is 0.341 e. The highest BCUT2D eigenvalue weighted by Crippen LogP contribution is 2.32. The van der Waals surface area contributed by atoms with Crippen molar-refractivity contribution in [3.05, 3.63) is 82.9 Å². The van der Waals surface area contributed by atoms with E-state index in [9.17, 15) is 18.4 Å². The second kappa shape index (κ2) is 11.6. The number of amides is 1. The summed E-state index contributed by atoms with van der Waals surface area (Å²) < 4.78 is 39.0. The minimum atomic E-state index is -1.21. The van der Waals surface area contributed by atoms with Gasteiger partial charge in [0.1, 0.15) is 5.84 Å². The maximum absolute atomic E-state index is 14.1. The molecule has 0 aliphatic carbocycles. The predicted molar refractivity (Wildman–Crippen MR) is 130 cm³/mol. The summed E-state index contributed by atoms with van der Waals surface area (Å²) in [6, 6.07) is 12.7. The molecule has 1 amide bonds. The number of amidine groups is 1.